The maximum atomic E-state index is 5.80. The zero-order valence-corrected chi connectivity index (χ0v) is 8.24. The van der Waals surface area contributed by atoms with Crippen LogP contribution in [-0.2, 0) is 0 Å². The fourth-order valence-corrected chi connectivity index (χ4v) is 1.54. The van der Waals surface area contributed by atoms with Gasteiger partial charge < -0.3 is 10.5 Å². The van der Waals surface area contributed by atoms with Gasteiger partial charge in [0.2, 0.25) is 0 Å². The highest BCUT2D eigenvalue weighted by molar-refractivity contribution is 5.87. The molecule has 4 heteroatoms. The lowest BCUT2D eigenvalue weighted by Crippen LogP contribution is -2.05. The number of nitrogens with two attached hydrogens (primary N) is 1. The maximum Gasteiger partial charge on any atom is 0.146 e. The number of nitrogens with one attached hydrogen (secondary N) is 1. The van der Waals surface area contributed by atoms with E-state index in [4.69, 9.17) is 10.5 Å². The number of aromatic nitrogens is 2. The number of fused-ring (bicyclic) bond motifs is 1. The van der Waals surface area contributed by atoms with Gasteiger partial charge in [0.15, 0.2) is 0 Å². The first kappa shape index (κ1) is 9.02. The van der Waals surface area contributed by atoms with E-state index in [0.29, 0.717) is 0 Å². The fourth-order valence-electron chi connectivity index (χ4n) is 1.54. The van der Waals surface area contributed by atoms with Crippen LogP contribution in [0.1, 0.15) is 18.7 Å². The smallest absolute Gasteiger partial charge is 0.146 e. The number of benzene rings is 1. The number of H-pyrrole nitrogens is 1. The van der Waals surface area contributed by atoms with Gasteiger partial charge in [0.25, 0.3) is 0 Å². The summed E-state index contributed by atoms with van der Waals surface area (Å²) in [5.41, 5.74) is 7.58. The molecule has 0 radical (unpaired) electrons. The van der Waals surface area contributed by atoms with Gasteiger partial charge in [0, 0.05) is 11.4 Å². The summed E-state index contributed by atoms with van der Waals surface area (Å²) in [5, 5.41) is 8.14. The molecular weight excluding hydrogens is 178 g/mol. The van der Waals surface area contributed by atoms with Crippen molar-refractivity contribution in [1.29, 1.82) is 0 Å². The number of nitrogens with zero attached hydrogens (tertiary/aromatic N) is 1. The Morgan fingerprint density at radius 3 is 2.93 bits per heavy atom. The average molecular weight is 191 g/mol. The lowest BCUT2D eigenvalue weighted by Gasteiger charge is -2.02. The zero-order valence-electron chi connectivity index (χ0n) is 8.24. The summed E-state index contributed by atoms with van der Waals surface area (Å²) in [6, 6.07) is 5.75. The van der Waals surface area contributed by atoms with Crippen molar-refractivity contribution in [2.24, 2.45) is 5.73 Å². The molecule has 3 N–H and O–H groups in total. The number of methoxy groups -OCH3 is 1. The molecule has 1 aromatic carbocycles. The predicted molar refractivity (Wildman–Crippen MR) is 55.2 cm³/mol. The minimum absolute atomic E-state index is 0.0490. The third-order valence-electron chi connectivity index (χ3n) is 2.25. The Balaban J connectivity index is 2.69. The molecule has 4 nitrogen and oxygen atoms in total. The number of hydrogen-bond acceptors (Lipinski definition) is 3. The molecule has 1 atom stereocenters. The quantitative estimate of drug-likeness (QED) is 0.757. The van der Waals surface area contributed by atoms with Crippen LogP contribution in [0.15, 0.2) is 18.2 Å². The second-order valence-corrected chi connectivity index (χ2v) is 3.28. The van der Waals surface area contributed by atoms with Gasteiger partial charge in [-0.3, -0.25) is 5.10 Å². The van der Waals surface area contributed by atoms with Gasteiger partial charge in [-0.05, 0) is 13.0 Å². The van der Waals surface area contributed by atoms with Crippen LogP contribution in [0.3, 0.4) is 0 Å². The van der Waals surface area contributed by atoms with Crippen LogP contribution in [0.4, 0.5) is 0 Å². The molecule has 1 aromatic heterocycles. The predicted octanol–water partition coefficient (Wildman–Crippen LogP) is 1.59. The van der Waals surface area contributed by atoms with E-state index in [9.17, 15) is 0 Å². The molecule has 0 amide bonds. The summed E-state index contributed by atoms with van der Waals surface area (Å²) >= 11 is 0. The van der Waals surface area contributed by atoms with Crippen molar-refractivity contribution in [3.8, 4) is 5.75 Å². The van der Waals surface area contributed by atoms with Crippen LogP contribution in [0.25, 0.3) is 10.9 Å². The molecule has 0 spiro atoms. The highest BCUT2D eigenvalue weighted by atomic mass is 16.5. The van der Waals surface area contributed by atoms with Crippen LogP contribution in [0.2, 0.25) is 0 Å². The molecule has 1 heterocycles. The Morgan fingerprint density at radius 1 is 1.50 bits per heavy atom. The summed E-state index contributed by atoms with van der Waals surface area (Å²) in [5.74, 6) is 0.769. The number of aromatic amines is 1. The SMILES string of the molecule is COc1cccc2c(C(C)N)[nH]nc12. The molecule has 74 valence electrons. The Hall–Kier alpha value is -1.55. The van der Waals surface area contributed by atoms with Gasteiger partial charge in [-0.1, -0.05) is 12.1 Å². The van der Waals surface area contributed by atoms with Crippen LogP contribution >= 0.6 is 0 Å². The van der Waals surface area contributed by atoms with Gasteiger partial charge >= 0.3 is 0 Å². The molecule has 0 aliphatic rings. The van der Waals surface area contributed by atoms with Crippen molar-refractivity contribution < 1.29 is 4.74 Å². The van der Waals surface area contributed by atoms with E-state index in [-0.39, 0.29) is 6.04 Å². The second kappa shape index (κ2) is 3.31. The lowest BCUT2D eigenvalue weighted by molar-refractivity contribution is 0.419. The molecule has 0 saturated carbocycles. The molecule has 2 aromatic rings. The first-order valence-electron chi connectivity index (χ1n) is 4.50. The largest absolute Gasteiger partial charge is 0.494 e. The topological polar surface area (TPSA) is 63.9 Å². The highest BCUT2D eigenvalue weighted by Gasteiger charge is 2.11. The maximum absolute atomic E-state index is 5.80. The molecule has 2 rings (SSSR count). The summed E-state index contributed by atoms with van der Waals surface area (Å²) in [6.45, 7) is 1.92. The third kappa shape index (κ3) is 1.24. The van der Waals surface area contributed by atoms with Crippen LogP contribution in [0.5, 0.6) is 5.75 Å². The molecule has 0 aliphatic carbocycles. The number of para-hydroxylation sites is 1. The first-order chi connectivity index (χ1) is 6.74. The second-order valence-electron chi connectivity index (χ2n) is 3.28. The normalized spacial score (nSPS) is 13.1. The van der Waals surface area contributed by atoms with Gasteiger partial charge in [-0.2, -0.15) is 5.10 Å². The summed E-state index contributed by atoms with van der Waals surface area (Å²) in [6.07, 6.45) is 0. The van der Waals surface area contributed by atoms with E-state index >= 15 is 0 Å². The van der Waals surface area contributed by atoms with Crippen molar-refractivity contribution in [3.63, 3.8) is 0 Å². The summed E-state index contributed by atoms with van der Waals surface area (Å²) in [4.78, 5) is 0. The molecule has 0 fully saturated rings. The van der Waals surface area contributed by atoms with E-state index < -0.39 is 0 Å². The Labute approximate surface area is 82.1 Å². The summed E-state index contributed by atoms with van der Waals surface area (Å²) in [7, 11) is 1.63. The van der Waals surface area contributed by atoms with Crippen molar-refractivity contribution in [2.45, 2.75) is 13.0 Å². The van der Waals surface area contributed by atoms with Crippen molar-refractivity contribution >= 4 is 10.9 Å². The molecular formula is C10H13N3O. The zero-order chi connectivity index (χ0) is 10.1. The minimum atomic E-state index is -0.0490. The monoisotopic (exact) mass is 191 g/mol. The van der Waals surface area contributed by atoms with Gasteiger partial charge in [-0.15, -0.1) is 0 Å². The van der Waals surface area contributed by atoms with Gasteiger partial charge in [-0.25, -0.2) is 0 Å². The van der Waals surface area contributed by atoms with E-state index in [1.165, 1.54) is 0 Å². The molecule has 0 aliphatic heterocycles. The minimum Gasteiger partial charge on any atom is -0.494 e. The Bertz CT molecular complexity index is 448. The molecule has 0 bridgehead atoms. The van der Waals surface area contributed by atoms with E-state index in [0.717, 1.165) is 22.3 Å². The highest BCUT2D eigenvalue weighted by Crippen LogP contribution is 2.27. The Kier molecular flexibility index (Phi) is 2.13. The van der Waals surface area contributed by atoms with Crippen LogP contribution in [-0.4, -0.2) is 17.3 Å². The number of hydrogen-bond donors (Lipinski definition) is 2. The lowest BCUT2D eigenvalue weighted by atomic mass is 10.1. The van der Waals surface area contributed by atoms with Crippen molar-refractivity contribution in [3.05, 3.63) is 23.9 Å². The third-order valence-corrected chi connectivity index (χ3v) is 2.25. The average Bonchev–Trinajstić information content (AvgIpc) is 2.60. The van der Waals surface area contributed by atoms with E-state index in [2.05, 4.69) is 10.2 Å². The molecule has 0 saturated heterocycles. The number of ether oxygens (including phenoxy) is 1. The molecule has 1 unspecified atom stereocenters. The van der Waals surface area contributed by atoms with Crippen molar-refractivity contribution in [1.82, 2.24) is 10.2 Å². The standard InChI is InChI=1S/C10H13N3O/c1-6(11)9-7-4-3-5-8(14-2)10(7)13-12-9/h3-6H,11H2,1-2H3,(H,12,13). The van der Waals surface area contributed by atoms with E-state index in [1.54, 1.807) is 7.11 Å². The van der Waals surface area contributed by atoms with Gasteiger partial charge in [0.05, 0.1) is 12.8 Å². The van der Waals surface area contributed by atoms with Crippen LogP contribution in [0, 0.1) is 0 Å². The Morgan fingerprint density at radius 2 is 2.29 bits per heavy atom. The van der Waals surface area contributed by atoms with E-state index in [1.807, 2.05) is 25.1 Å². The first-order valence-corrected chi connectivity index (χ1v) is 4.50. The molecule has 14 heavy (non-hydrogen) atoms. The van der Waals surface area contributed by atoms with Crippen LogP contribution < -0.4 is 10.5 Å². The summed E-state index contributed by atoms with van der Waals surface area (Å²) < 4.78 is 5.20. The van der Waals surface area contributed by atoms with Gasteiger partial charge in [0.1, 0.15) is 11.3 Å². The van der Waals surface area contributed by atoms with Crippen molar-refractivity contribution in [2.75, 3.05) is 7.11 Å². The fraction of sp³-hybridized carbons (Fsp3) is 0.300. The number of rotatable bonds is 2.